The third-order valence-electron chi connectivity index (χ3n) is 3.39. The van der Waals surface area contributed by atoms with Crippen molar-refractivity contribution in [2.75, 3.05) is 26.2 Å². The Morgan fingerprint density at radius 3 is 2.22 bits per heavy atom. The first-order valence-corrected chi connectivity index (χ1v) is 7.30. The smallest absolute Gasteiger partial charge is 0.0406 e. The van der Waals surface area contributed by atoms with Crippen LogP contribution in [-0.4, -0.2) is 31.1 Å². The van der Waals surface area contributed by atoms with Crippen molar-refractivity contribution in [3.8, 4) is 0 Å². The minimum absolute atomic E-state index is 0.429. The van der Waals surface area contributed by atoms with Gasteiger partial charge in [-0.25, -0.2) is 0 Å². The highest BCUT2D eigenvalue weighted by atomic mass is 35.5. The summed E-state index contributed by atoms with van der Waals surface area (Å²) in [4.78, 5) is 2.43. The molecule has 0 aliphatic rings. The van der Waals surface area contributed by atoms with Crippen LogP contribution in [0.1, 0.15) is 38.8 Å². The second-order valence-corrected chi connectivity index (χ2v) is 4.93. The molecule has 0 radical (unpaired) electrons. The average Bonchev–Trinajstić information content (AvgIpc) is 2.41. The van der Waals surface area contributed by atoms with Crippen molar-refractivity contribution in [3.63, 3.8) is 0 Å². The van der Waals surface area contributed by atoms with Gasteiger partial charge in [-0.3, -0.25) is 0 Å². The lowest BCUT2D eigenvalue weighted by Gasteiger charge is -2.22. The molecule has 3 heteroatoms. The number of nitrogens with zero attached hydrogens (tertiary/aromatic N) is 1. The molecular weight excluding hydrogens is 244 g/mol. The molecule has 2 nitrogen and oxygen atoms in total. The highest BCUT2D eigenvalue weighted by Crippen LogP contribution is 2.18. The monoisotopic (exact) mass is 268 g/mol. The number of halogens is 1. The molecule has 0 saturated heterocycles. The van der Waals surface area contributed by atoms with E-state index in [1.807, 2.05) is 12.1 Å². The molecule has 0 saturated carbocycles. The van der Waals surface area contributed by atoms with Crippen LogP contribution < -0.4 is 5.32 Å². The van der Waals surface area contributed by atoms with Gasteiger partial charge in [0.1, 0.15) is 0 Å². The molecule has 0 heterocycles. The van der Waals surface area contributed by atoms with Gasteiger partial charge in [-0.2, -0.15) is 0 Å². The minimum Gasteiger partial charge on any atom is -0.309 e. The van der Waals surface area contributed by atoms with E-state index < -0.39 is 0 Å². The molecule has 1 aromatic carbocycles. The van der Waals surface area contributed by atoms with Gasteiger partial charge >= 0.3 is 0 Å². The van der Waals surface area contributed by atoms with Gasteiger partial charge in [0.25, 0.3) is 0 Å². The first-order chi connectivity index (χ1) is 8.71. The number of benzene rings is 1. The van der Waals surface area contributed by atoms with Gasteiger partial charge in [-0.05, 0) is 37.2 Å². The summed E-state index contributed by atoms with van der Waals surface area (Å²) < 4.78 is 0. The van der Waals surface area contributed by atoms with Gasteiger partial charge < -0.3 is 10.2 Å². The molecule has 1 atom stereocenters. The maximum absolute atomic E-state index is 5.92. The number of nitrogens with one attached hydrogen (secondary N) is 1. The molecule has 0 aliphatic heterocycles. The van der Waals surface area contributed by atoms with Gasteiger partial charge in [-0.1, -0.05) is 44.5 Å². The van der Waals surface area contributed by atoms with Crippen molar-refractivity contribution < 1.29 is 0 Å². The highest BCUT2D eigenvalue weighted by molar-refractivity contribution is 6.30. The van der Waals surface area contributed by atoms with E-state index in [1.54, 1.807) is 0 Å². The van der Waals surface area contributed by atoms with Crippen molar-refractivity contribution in [2.45, 2.75) is 33.2 Å². The van der Waals surface area contributed by atoms with Crippen LogP contribution in [0.5, 0.6) is 0 Å². The molecule has 0 fully saturated rings. The molecule has 0 amide bonds. The van der Waals surface area contributed by atoms with E-state index >= 15 is 0 Å². The van der Waals surface area contributed by atoms with E-state index in [-0.39, 0.29) is 0 Å². The largest absolute Gasteiger partial charge is 0.309 e. The molecule has 1 rings (SSSR count). The lowest BCUT2D eigenvalue weighted by atomic mass is 10.0. The van der Waals surface area contributed by atoms with E-state index in [0.717, 1.165) is 37.6 Å². The predicted molar refractivity (Wildman–Crippen MR) is 80.3 cm³/mol. The Labute approximate surface area is 116 Å². The summed E-state index contributed by atoms with van der Waals surface area (Å²) in [6, 6.07) is 8.58. The van der Waals surface area contributed by atoms with Gasteiger partial charge in [0.2, 0.25) is 0 Å². The standard InChI is InChI=1S/C15H25ClN2/c1-4-15(13-7-9-14(16)10-8-13)17-11-12-18(5-2)6-3/h7-10,15,17H,4-6,11-12H2,1-3H3. The predicted octanol–water partition coefficient (Wildman–Crippen LogP) is 3.72. The van der Waals surface area contributed by atoms with E-state index in [4.69, 9.17) is 11.6 Å². The van der Waals surface area contributed by atoms with Gasteiger partial charge in [-0.15, -0.1) is 0 Å². The average molecular weight is 269 g/mol. The summed E-state index contributed by atoms with van der Waals surface area (Å²) in [6.45, 7) is 11.0. The zero-order valence-corrected chi connectivity index (χ0v) is 12.5. The molecule has 0 spiro atoms. The van der Waals surface area contributed by atoms with Gasteiger partial charge in [0.05, 0.1) is 0 Å². The Bertz CT molecular complexity index is 320. The third-order valence-corrected chi connectivity index (χ3v) is 3.65. The van der Waals surface area contributed by atoms with E-state index in [0.29, 0.717) is 6.04 Å². The first-order valence-electron chi connectivity index (χ1n) is 6.92. The summed E-state index contributed by atoms with van der Waals surface area (Å²) in [5, 5.41) is 4.42. The van der Waals surface area contributed by atoms with Crippen LogP contribution in [0.15, 0.2) is 24.3 Å². The normalized spacial score (nSPS) is 12.9. The minimum atomic E-state index is 0.429. The molecule has 102 valence electrons. The maximum Gasteiger partial charge on any atom is 0.0406 e. The second-order valence-electron chi connectivity index (χ2n) is 4.49. The van der Waals surface area contributed by atoms with Crippen LogP contribution in [0.3, 0.4) is 0 Å². The highest BCUT2D eigenvalue weighted by Gasteiger charge is 2.08. The fourth-order valence-corrected chi connectivity index (χ4v) is 2.26. The molecular formula is C15H25ClN2. The Morgan fingerprint density at radius 1 is 1.11 bits per heavy atom. The third kappa shape index (κ3) is 4.97. The maximum atomic E-state index is 5.92. The molecule has 18 heavy (non-hydrogen) atoms. The van der Waals surface area contributed by atoms with Crippen LogP contribution >= 0.6 is 11.6 Å². The second kappa shape index (κ2) is 8.52. The molecule has 1 N–H and O–H groups in total. The van der Waals surface area contributed by atoms with Crippen LogP contribution in [0.2, 0.25) is 5.02 Å². The SMILES string of the molecule is CCC(NCCN(CC)CC)c1ccc(Cl)cc1. The summed E-state index contributed by atoms with van der Waals surface area (Å²) in [7, 11) is 0. The number of hydrogen-bond donors (Lipinski definition) is 1. The summed E-state index contributed by atoms with van der Waals surface area (Å²) in [5.74, 6) is 0. The Kier molecular flexibility index (Phi) is 7.33. The summed E-state index contributed by atoms with van der Waals surface area (Å²) in [6.07, 6.45) is 1.10. The van der Waals surface area contributed by atoms with Crippen LogP contribution in [0.4, 0.5) is 0 Å². The van der Waals surface area contributed by atoms with E-state index in [2.05, 4.69) is 43.1 Å². The van der Waals surface area contributed by atoms with E-state index in [9.17, 15) is 0 Å². The summed E-state index contributed by atoms with van der Waals surface area (Å²) in [5.41, 5.74) is 1.32. The van der Waals surface area contributed by atoms with Gasteiger partial charge in [0.15, 0.2) is 0 Å². The van der Waals surface area contributed by atoms with Crippen LogP contribution in [-0.2, 0) is 0 Å². The zero-order valence-electron chi connectivity index (χ0n) is 11.7. The van der Waals surface area contributed by atoms with Gasteiger partial charge in [0, 0.05) is 24.2 Å². The fourth-order valence-electron chi connectivity index (χ4n) is 2.13. The lowest BCUT2D eigenvalue weighted by molar-refractivity contribution is 0.295. The molecule has 1 unspecified atom stereocenters. The van der Waals surface area contributed by atoms with Crippen molar-refractivity contribution in [1.29, 1.82) is 0 Å². The topological polar surface area (TPSA) is 15.3 Å². The van der Waals surface area contributed by atoms with Crippen LogP contribution in [0, 0.1) is 0 Å². The Balaban J connectivity index is 2.44. The Morgan fingerprint density at radius 2 is 1.72 bits per heavy atom. The van der Waals surface area contributed by atoms with Crippen molar-refractivity contribution in [3.05, 3.63) is 34.9 Å². The first kappa shape index (κ1) is 15.5. The number of rotatable bonds is 8. The molecule has 0 aromatic heterocycles. The van der Waals surface area contributed by atoms with Crippen molar-refractivity contribution >= 4 is 11.6 Å². The Hall–Kier alpha value is -0.570. The quantitative estimate of drug-likeness (QED) is 0.773. The fraction of sp³-hybridized carbons (Fsp3) is 0.600. The summed E-state index contributed by atoms with van der Waals surface area (Å²) >= 11 is 5.92. The number of hydrogen-bond acceptors (Lipinski definition) is 2. The van der Waals surface area contributed by atoms with Crippen molar-refractivity contribution in [2.24, 2.45) is 0 Å². The molecule has 0 aliphatic carbocycles. The van der Waals surface area contributed by atoms with E-state index in [1.165, 1.54) is 5.56 Å². The van der Waals surface area contributed by atoms with Crippen molar-refractivity contribution in [1.82, 2.24) is 10.2 Å². The lowest BCUT2D eigenvalue weighted by Crippen LogP contribution is -2.33. The van der Waals surface area contributed by atoms with Crippen LogP contribution in [0.25, 0.3) is 0 Å². The zero-order chi connectivity index (χ0) is 13.4. The molecule has 1 aromatic rings. The molecule has 0 bridgehead atoms. The number of likely N-dealkylation sites (N-methyl/N-ethyl adjacent to an activating group) is 1.